The summed E-state index contributed by atoms with van der Waals surface area (Å²) >= 11 is 6.19. The number of carbonyl (C=O) groups is 3. The largest absolute Gasteiger partial charge is 0.352 e. The molecule has 0 aliphatic carbocycles. The number of rotatable bonds is 5. The summed E-state index contributed by atoms with van der Waals surface area (Å²) in [6, 6.07) is 13.5. The van der Waals surface area contributed by atoms with Crippen LogP contribution in [0.15, 0.2) is 54.6 Å². The lowest BCUT2D eigenvalue weighted by Gasteiger charge is -2.36. The average molecular weight is 435 g/mol. The van der Waals surface area contributed by atoms with Crippen LogP contribution < -0.4 is 4.90 Å². The summed E-state index contributed by atoms with van der Waals surface area (Å²) in [4.78, 5) is 43.9. The minimum absolute atomic E-state index is 0.132. The Balaban J connectivity index is 1.63. The van der Waals surface area contributed by atoms with Crippen molar-refractivity contribution in [3.63, 3.8) is 0 Å². The molecular weight excluding hydrogens is 412 g/mol. The van der Waals surface area contributed by atoms with Gasteiger partial charge in [-0.3, -0.25) is 19.3 Å². The number of likely N-dealkylation sites (tertiary alicyclic amines) is 1. The summed E-state index contributed by atoms with van der Waals surface area (Å²) < 4.78 is 0. The van der Waals surface area contributed by atoms with Gasteiger partial charge in [0.05, 0.1) is 17.9 Å². The Labute approximate surface area is 186 Å². The quantitative estimate of drug-likeness (QED) is 0.522. The number of hydrogen-bond acceptors (Lipinski definition) is 4. The molecule has 0 aromatic heterocycles. The summed E-state index contributed by atoms with van der Waals surface area (Å²) in [5.74, 6) is -1.76. The van der Waals surface area contributed by atoms with Gasteiger partial charge in [-0.05, 0) is 30.2 Å². The zero-order valence-corrected chi connectivity index (χ0v) is 18.0. The van der Waals surface area contributed by atoms with Crippen molar-refractivity contribution in [3.8, 4) is 0 Å². The third kappa shape index (κ3) is 3.02. The summed E-state index contributed by atoms with van der Waals surface area (Å²) in [5, 5.41) is 0.602. The van der Waals surface area contributed by atoms with Crippen molar-refractivity contribution in [2.45, 2.75) is 31.8 Å². The summed E-state index contributed by atoms with van der Waals surface area (Å²) in [7, 11) is 0. The molecule has 5 nitrogen and oxygen atoms in total. The molecule has 3 aliphatic heterocycles. The topological polar surface area (TPSA) is 57.7 Å². The van der Waals surface area contributed by atoms with Crippen molar-refractivity contribution in [2.75, 3.05) is 11.4 Å². The zero-order chi connectivity index (χ0) is 21.7. The Morgan fingerprint density at radius 2 is 1.77 bits per heavy atom. The molecule has 0 bridgehead atoms. The molecule has 0 spiro atoms. The van der Waals surface area contributed by atoms with Crippen LogP contribution in [0.5, 0.6) is 0 Å². The molecule has 2 fully saturated rings. The maximum atomic E-state index is 13.7. The van der Waals surface area contributed by atoms with Gasteiger partial charge in [0.1, 0.15) is 6.04 Å². The highest BCUT2D eigenvalue weighted by molar-refractivity contribution is 6.30. The maximum absolute atomic E-state index is 13.7. The number of ketones is 1. The predicted molar refractivity (Wildman–Crippen MR) is 120 cm³/mol. The van der Waals surface area contributed by atoms with E-state index < -0.39 is 17.9 Å². The zero-order valence-electron chi connectivity index (χ0n) is 17.2. The van der Waals surface area contributed by atoms with Crippen molar-refractivity contribution >= 4 is 41.0 Å². The number of unbranched alkanes of at least 4 members (excludes halogenated alkanes) is 1. The molecule has 0 radical (unpaired) electrons. The smallest absolute Gasteiger partial charge is 0.235 e. The summed E-state index contributed by atoms with van der Waals surface area (Å²) in [6.07, 6.45) is 5.55. The van der Waals surface area contributed by atoms with Crippen LogP contribution in [0.4, 0.5) is 5.69 Å². The molecule has 5 rings (SSSR count). The van der Waals surface area contributed by atoms with Gasteiger partial charge in [-0.2, -0.15) is 0 Å². The molecule has 158 valence electrons. The molecule has 0 saturated carbocycles. The second-order valence-electron chi connectivity index (χ2n) is 8.37. The molecule has 3 aliphatic rings. The first-order valence-electron chi connectivity index (χ1n) is 10.7. The third-order valence-corrected chi connectivity index (χ3v) is 6.86. The Kier molecular flexibility index (Phi) is 4.94. The highest BCUT2D eigenvalue weighted by atomic mass is 35.5. The van der Waals surface area contributed by atoms with Crippen LogP contribution in [0.3, 0.4) is 0 Å². The van der Waals surface area contributed by atoms with Gasteiger partial charge in [-0.25, -0.2) is 0 Å². The minimum atomic E-state index is -0.731. The first kappa shape index (κ1) is 20.0. The van der Waals surface area contributed by atoms with Gasteiger partial charge in [-0.15, -0.1) is 0 Å². The molecule has 2 aromatic carbocycles. The lowest BCUT2D eigenvalue weighted by molar-refractivity contribution is -0.140. The molecule has 2 saturated heterocycles. The molecule has 0 N–H and O–H groups in total. The van der Waals surface area contributed by atoms with Crippen molar-refractivity contribution in [1.82, 2.24) is 4.90 Å². The van der Waals surface area contributed by atoms with E-state index in [2.05, 4.69) is 0 Å². The van der Waals surface area contributed by atoms with Crippen molar-refractivity contribution in [3.05, 3.63) is 70.8 Å². The second kappa shape index (κ2) is 7.65. The summed E-state index contributed by atoms with van der Waals surface area (Å²) in [5.41, 5.74) is 2.27. The number of nitrogens with zero attached hydrogens (tertiary/aromatic N) is 2. The van der Waals surface area contributed by atoms with E-state index >= 15 is 0 Å². The Morgan fingerprint density at radius 1 is 1.03 bits per heavy atom. The van der Waals surface area contributed by atoms with Gasteiger partial charge in [0.15, 0.2) is 5.78 Å². The lowest BCUT2D eigenvalue weighted by atomic mass is 9.86. The Hall–Kier alpha value is -2.92. The van der Waals surface area contributed by atoms with Gasteiger partial charge in [0.25, 0.3) is 0 Å². The summed E-state index contributed by atoms with van der Waals surface area (Å²) in [6.45, 7) is 2.44. The number of imide groups is 1. The first-order valence-corrected chi connectivity index (χ1v) is 11.1. The van der Waals surface area contributed by atoms with E-state index in [9.17, 15) is 14.4 Å². The Bertz CT molecular complexity index is 1100. The fourth-order valence-electron chi connectivity index (χ4n) is 5.22. The minimum Gasteiger partial charge on any atom is -0.352 e. The van der Waals surface area contributed by atoms with Crippen LogP contribution in [0.25, 0.3) is 6.08 Å². The number of anilines is 1. The number of carbonyl (C=O) groups excluding carboxylic acids is 3. The van der Waals surface area contributed by atoms with Crippen molar-refractivity contribution < 1.29 is 14.4 Å². The van der Waals surface area contributed by atoms with Gasteiger partial charge in [0, 0.05) is 22.8 Å². The van der Waals surface area contributed by atoms with E-state index in [1.54, 1.807) is 18.2 Å². The third-order valence-electron chi connectivity index (χ3n) is 6.62. The van der Waals surface area contributed by atoms with E-state index in [0.29, 0.717) is 17.1 Å². The van der Waals surface area contributed by atoms with Crippen molar-refractivity contribution in [2.24, 2.45) is 11.8 Å². The number of amides is 2. The van der Waals surface area contributed by atoms with Crippen LogP contribution in [0.1, 0.15) is 35.7 Å². The Morgan fingerprint density at radius 3 is 2.52 bits per heavy atom. The molecule has 2 amide bonds. The fraction of sp³-hybridized carbons (Fsp3) is 0.320. The standard InChI is InChI=1S/C25H23ClN2O3/c1-2-3-13-27-24(30)20-19-11-9-16-14-17(26)10-12-18(16)28(19)22(21(20)25(27)31)23(29)15-7-5-4-6-8-15/h4-12,14,19-22H,2-3,13H2,1H3. The van der Waals surface area contributed by atoms with Crippen LogP contribution in [-0.4, -0.2) is 41.1 Å². The van der Waals surface area contributed by atoms with Crippen molar-refractivity contribution in [1.29, 1.82) is 0 Å². The second-order valence-corrected chi connectivity index (χ2v) is 8.80. The molecule has 31 heavy (non-hydrogen) atoms. The molecule has 4 atom stereocenters. The predicted octanol–water partition coefficient (Wildman–Crippen LogP) is 4.21. The number of hydrogen-bond donors (Lipinski definition) is 0. The van der Waals surface area contributed by atoms with E-state index in [0.717, 1.165) is 24.1 Å². The normalized spacial score (nSPS) is 26.1. The first-order chi connectivity index (χ1) is 15.0. The van der Waals surface area contributed by atoms with E-state index in [1.165, 1.54) is 4.90 Å². The van der Waals surface area contributed by atoms with Gasteiger partial charge in [0.2, 0.25) is 11.8 Å². The molecule has 2 aromatic rings. The molecule has 6 heteroatoms. The highest BCUT2D eigenvalue weighted by Crippen LogP contribution is 2.49. The van der Waals surface area contributed by atoms with Crippen LogP contribution in [0, 0.1) is 11.8 Å². The fourth-order valence-corrected chi connectivity index (χ4v) is 5.40. The van der Waals surface area contributed by atoms with Gasteiger partial charge in [-0.1, -0.05) is 67.4 Å². The van der Waals surface area contributed by atoms with Crippen LogP contribution in [0.2, 0.25) is 5.02 Å². The van der Waals surface area contributed by atoms with E-state index in [1.807, 2.05) is 54.3 Å². The maximum Gasteiger partial charge on any atom is 0.235 e. The molecule has 3 heterocycles. The monoisotopic (exact) mass is 434 g/mol. The highest BCUT2D eigenvalue weighted by Gasteiger charge is 2.63. The number of Topliss-reactive ketones (excluding diaryl/α,β-unsaturated/α-hetero) is 1. The van der Waals surface area contributed by atoms with E-state index in [4.69, 9.17) is 11.6 Å². The number of benzene rings is 2. The average Bonchev–Trinajstić information content (AvgIpc) is 3.25. The molecule has 4 unspecified atom stereocenters. The number of fused-ring (bicyclic) bond motifs is 5. The van der Waals surface area contributed by atoms with Gasteiger partial charge >= 0.3 is 0 Å². The van der Waals surface area contributed by atoms with E-state index in [-0.39, 0.29) is 23.6 Å². The lowest BCUT2D eigenvalue weighted by Crippen LogP contribution is -2.48. The number of halogens is 1. The van der Waals surface area contributed by atoms with Crippen LogP contribution >= 0.6 is 11.6 Å². The van der Waals surface area contributed by atoms with Crippen LogP contribution in [-0.2, 0) is 9.59 Å². The SMILES string of the molecule is CCCCN1C(=O)C2C(C1=O)C(C(=O)c1ccccc1)N1c3ccc(Cl)cc3C=CC21. The molecular formula is C25H23ClN2O3. The van der Waals surface area contributed by atoms with Gasteiger partial charge < -0.3 is 4.90 Å².